The van der Waals surface area contributed by atoms with Crippen LogP contribution in [0.15, 0.2) is 12.3 Å². The summed E-state index contributed by atoms with van der Waals surface area (Å²) in [6.07, 6.45) is 1.96. The molecule has 0 spiro atoms. The summed E-state index contributed by atoms with van der Waals surface area (Å²) in [4.78, 5) is 6.14. The van der Waals surface area contributed by atoms with E-state index in [0.29, 0.717) is 0 Å². The van der Waals surface area contributed by atoms with E-state index in [1.54, 1.807) is 11.3 Å². The van der Waals surface area contributed by atoms with Crippen LogP contribution in [0.4, 0.5) is 0 Å². The first kappa shape index (κ1) is 14.2. The van der Waals surface area contributed by atoms with Crippen molar-refractivity contribution >= 4 is 11.3 Å². The van der Waals surface area contributed by atoms with Crippen LogP contribution in [-0.2, 0) is 19.0 Å². The van der Waals surface area contributed by atoms with Crippen molar-refractivity contribution in [1.29, 1.82) is 0 Å². The molecule has 0 fully saturated rings. The Labute approximate surface area is 118 Å². The minimum absolute atomic E-state index is 0.0638. The third kappa shape index (κ3) is 3.22. The highest BCUT2D eigenvalue weighted by molar-refractivity contribution is 7.15. The molecule has 2 rings (SSSR count). The fourth-order valence-electron chi connectivity index (χ4n) is 1.93. The van der Waals surface area contributed by atoms with E-state index in [1.807, 2.05) is 24.0 Å². The van der Waals surface area contributed by atoms with Crippen LogP contribution in [0, 0.1) is 0 Å². The molecule has 0 aliphatic carbocycles. The highest BCUT2D eigenvalue weighted by Gasteiger charge is 2.23. The third-order valence-electron chi connectivity index (χ3n) is 2.88. The fourth-order valence-corrected chi connectivity index (χ4v) is 3.14. The van der Waals surface area contributed by atoms with Gasteiger partial charge in [-0.15, -0.1) is 11.3 Å². The van der Waals surface area contributed by atoms with Gasteiger partial charge in [-0.3, -0.25) is 4.68 Å². The predicted octanol–water partition coefficient (Wildman–Crippen LogP) is 2.95. The second-order valence-corrected chi connectivity index (χ2v) is 6.78. The number of thiazole rings is 1. The first-order valence-corrected chi connectivity index (χ1v) is 7.44. The van der Waals surface area contributed by atoms with E-state index in [1.165, 1.54) is 10.6 Å². The molecule has 0 saturated carbocycles. The number of aryl methyl sites for hydroxylation is 1. The Morgan fingerprint density at radius 3 is 2.63 bits per heavy atom. The number of hydrogen-bond acceptors (Lipinski definition) is 4. The van der Waals surface area contributed by atoms with E-state index in [9.17, 15) is 0 Å². The lowest BCUT2D eigenvalue weighted by atomic mass is 9.91. The summed E-state index contributed by atoms with van der Waals surface area (Å²) in [6, 6.07) is 2.02. The molecule has 5 heteroatoms. The van der Waals surface area contributed by atoms with Gasteiger partial charge < -0.3 is 5.32 Å². The molecular formula is C14H22N4S. The molecule has 0 aliphatic rings. The van der Waals surface area contributed by atoms with Crippen molar-refractivity contribution in [3.8, 4) is 10.7 Å². The Bertz CT molecular complexity index is 548. The van der Waals surface area contributed by atoms with E-state index in [2.05, 4.69) is 38.1 Å². The van der Waals surface area contributed by atoms with Crippen LogP contribution in [0.1, 0.15) is 38.3 Å². The van der Waals surface area contributed by atoms with Gasteiger partial charge in [-0.05, 0) is 12.6 Å². The maximum absolute atomic E-state index is 4.82. The third-order valence-corrected chi connectivity index (χ3v) is 3.95. The number of rotatable bonds is 4. The summed E-state index contributed by atoms with van der Waals surface area (Å²) in [5.74, 6) is 0. The van der Waals surface area contributed by atoms with Crippen LogP contribution in [0.5, 0.6) is 0 Å². The van der Waals surface area contributed by atoms with Gasteiger partial charge in [0.2, 0.25) is 0 Å². The van der Waals surface area contributed by atoms with Crippen LogP contribution >= 0.6 is 11.3 Å². The molecule has 1 N–H and O–H groups in total. The minimum Gasteiger partial charge on any atom is -0.312 e. The molecule has 0 amide bonds. The SMILES string of the molecule is CCNCc1sc(-c2ccn(C)n2)nc1C(C)(C)C. The minimum atomic E-state index is 0.0638. The molecule has 0 unspecified atom stereocenters. The zero-order valence-corrected chi connectivity index (χ0v) is 13.1. The molecule has 0 aromatic carbocycles. The average Bonchev–Trinajstić information content (AvgIpc) is 2.91. The maximum atomic E-state index is 4.82. The predicted molar refractivity (Wildman–Crippen MR) is 80.4 cm³/mol. The Morgan fingerprint density at radius 1 is 1.37 bits per heavy atom. The topological polar surface area (TPSA) is 42.7 Å². The molecule has 0 saturated heterocycles. The van der Waals surface area contributed by atoms with Crippen LogP contribution in [0.3, 0.4) is 0 Å². The molecular weight excluding hydrogens is 256 g/mol. The quantitative estimate of drug-likeness (QED) is 0.935. The normalized spacial score (nSPS) is 12.1. The van der Waals surface area contributed by atoms with Crippen LogP contribution < -0.4 is 5.32 Å². The van der Waals surface area contributed by atoms with Crippen molar-refractivity contribution in [3.05, 3.63) is 22.8 Å². The zero-order chi connectivity index (χ0) is 14.0. The van der Waals surface area contributed by atoms with Crippen molar-refractivity contribution in [2.45, 2.75) is 39.7 Å². The molecule has 0 aliphatic heterocycles. The van der Waals surface area contributed by atoms with Gasteiger partial charge in [0.1, 0.15) is 10.7 Å². The molecule has 104 valence electrons. The van der Waals surface area contributed by atoms with Crippen molar-refractivity contribution in [3.63, 3.8) is 0 Å². The van der Waals surface area contributed by atoms with Crippen LogP contribution in [0.25, 0.3) is 10.7 Å². The van der Waals surface area contributed by atoms with Gasteiger partial charge in [0.25, 0.3) is 0 Å². The Kier molecular flexibility index (Phi) is 4.06. The zero-order valence-electron chi connectivity index (χ0n) is 12.3. The van der Waals surface area contributed by atoms with Gasteiger partial charge in [-0.2, -0.15) is 5.10 Å². The second-order valence-electron chi connectivity index (χ2n) is 5.70. The van der Waals surface area contributed by atoms with Crippen molar-refractivity contribution in [2.24, 2.45) is 7.05 Å². The van der Waals surface area contributed by atoms with E-state index in [4.69, 9.17) is 4.98 Å². The largest absolute Gasteiger partial charge is 0.312 e. The Hall–Kier alpha value is -1.20. The molecule has 2 aromatic heterocycles. The van der Waals surface area contributed by atoms with Crippen molar-refractivity contribution < 1.29 is 0 Å². The average molecular weight is 278 g/mol. The van der Waals surface area contributed by atoms with E-state index < -0.39 is 0 Å². The lowest BCUT2D eigenvalue weighted by molar-refractivity contribution is 0.561. The molecule has 0 atom stereocenters. The summed E-state index contributed by atoms with van der Waals surface area (Å²) in [5, 5.41) is 8.85. The Morgan fingerprint density at radius 2 is 2.11 bits per heavy atom. The highest BCUT2D eigenvalue weighted by atomic mass is 32.1. The molecule has 19 heavy (non-hydrogen) atoms. The number of nitrogens with one attached hydrogen (secondary N) is 1. The van der Waals surface area contributed by atoms with Gasteiger partial charge in [0, 0.05) is 30.1 Å². The Balaban J connectivity index is 2.39. The van der Waals surface area contributed by atoms with Crippen LogP contribution in [-0.4, -0.2) is 21.3 Å². The number of nitrogens with zero attached hydrogens (tertiary/aromatic N) is 3. The summed E-state index contributed by atoms with van der Waals surface area (Å²) in [6.45, 7) is 10.6. The van der Waals surface area contributed by atoms with Gasteiger partial charge in [0.15, 0.2) is 0 Å². The first-order chi connectivity index (χ1) is 8.91. The maximum Gasteiger partial charge on any atom is 0.144 e. The van der Waals surface area contributed by atoms with Crippen molar-refractivity contribution in [1.82, 2.24) is 20.1 Å². The monoisotopic (exact) mass is 278 g/mol. The van der Waals surface area contributed by atoms with Gasteiger partial charge >= 0.3 is 0 Å². The molecule has 2 heterocycles. The summed E-state index contributed by atoms with van der Waals surface area (Å²) in [7, 11) is 1.93. The van der Waals surface area contributed by atoms with Gasteiger partial charge in [-0.25, -0.2) is 4.98 Å². The van der Waals surface area contributed by atoms with E-state index >= 15 is 0 Å². The van der Waals surface area contributed by atoms with E-state index in [0.717, 1.165) is 23.8 Å². The van der Waals surface area contributed by atoms with E-state index in [-0.39, 0.29) is 5.41 Å². The molecule has 0 radical (unpaired) electrons. The lowest BCUT2D eigenvalue weighted by Gasteiger charge is -2.17. The van der Waals surface area contributed by atoms with Crippen LogP contribution in [0.2, 0.25) is 0 Å². The smallest absolute Gasteiger partial charge is 0.144 e. The first-order valence-electron chi connectivity index (χ1n) is 6.62. The molecule has 2 aromatic rings. The number of aromatic nitrogens is 3. The molecule has 0 bridgehead atoms. The van der Waals surface area contributed by atoms with Crippen molar-refractivity contribution in [2.75, 3.05) is 6.54 Å². The summed E-state index contributed by atoms with van der Waals surface area (Å²) >= 11 is 1.74. The number of hydrogen-bond donors (Lipinski definition) is 1. The molecule has 4 nitrogen and oxygen atoms in total. The fraction of sp³-hybridized carbons (Fsp3) is 0.571. The highest BCUT2D eigenvalue weighted by Crippen LogP contribution is 2.33. The summed E-state index contributed by atoms with van der Waals surface area (Å²) in [5.41, 5.74) is 2.20. The van der Waals surface area contributed by atoms with Gasteiger partial charge in [0.05, 0.1) is 5.69 Å². The second kappa shape index (κ2) is 5.43. The standard InChI is InChI=1S/C14H22N4S/c1-6-15-9-11-12(14(2,3)4)16-13(19-11)10-7-8-18(5)17-10/h7-8,15H,6,9H2,1-5H3. The summed E-state index contributed by atoms with van der Waals surface area (Å²) < 4.78 is 1.82. The van der Waals surface area contributed by atoms with Gasteiger partial charge in [-0.1, -0.05) is 27.7 Å². The lowest BCUT2D eigenvalue weighted by Crippen LogP contribution is -2.18.